The Morgan fingerprint density at radius 3 is 2.21 bits per heavy atom. The zero-order valence-corrected chi connectivity index (χ0v) is 12.1. The van der Waals surface area contributed by atoms with Crippen LogP contribution >= 0.6 is 0 Å². The molecule has 3 rings (SSSR count). The molecule has 2 heterocycles. The van der Waals surface area contributed by atoms with Gasteiger partial charge in [-0.2, -0.15) is 0 Å². The molecular formula is C16H21N3. The van der Waals surface area contributed by atoms with Gasteiger partial charge in [0.25, 0.3) is 0 Å². The second-order valence-corrected chi connectivity index (χ2v) is 5.72. The highest BCUT2D eigenvalue weighted by Gasteiger charge is 2.24. The highest BCUT2D eigenvalue weighted by atomic mass is 15.0. The van der Waals surface area contributed by atoms with Crippen molar-refractivity contribution in [2.45, 2.75) is 33.6 Å². The normalized spacial score (nSPS) is 15.6. The van der Waals surface area contributed by atoms with Crippen LogP contribution in [0.5, 0.6) is 0 Å². The first kappa shape index (κ1) is 12.4. The quantitative estimate of drug-likeness (QED) is 0.866. The van der Waals surface area contributed by atoms with Crippen molar-refractivity contribution in [3.63, 3.8) is 0 Å². The van der Waals surface area contributed by atoms with Gasteiger partial charge in [0, 0.05) is 30.3 Å². The van der Waals surface area contributed by atoms with Gasteiger partial charge in [-0.25, -0.2) is 4.98 Å². The van der Waals surface area contributed by atoms with E-state index in [-0.39, 0.29) is 0 Å². The van der Waals surface area contributed by atoms with Crippen molar-refractivity contribution in [2.75, 3.05) is 13.1 Å². The van der Waals surface area contributed by atoms with Gasteiger partial charge >= 0.3 is 0 Å². The molecule has 1 aliphatic heterocycles. The van der Waals surface area contributed by atoms with E-state index in [1.807, 2.05) is 0 Å². The maximum absolute atomic E-state index is 4.86. The van der Waals surface area contributed by atoms with Crippen LogP contribution in [0, 0.1) is 27.7 Å². The average Bonchev–Trinajstić information content (AvgIpc) is 2.56. The van der Waals surface area contributed by atoms with Crippen molar-refractivity contribution in [1.29, 1.82) is 0 Å². The molecule has 19 heavy (non-hydrogen) atoms. The molecule has 0 unspecified atom stereocenters. The number of aryl methyl sites for hydroxylation is 4. The van der Waals surface area contributed by atoms with Crippen LogP contribution in [0.4, 0.5) is 0 Å². The fourth-order valence-electron chi connectivity index (χ4n) is 2.96. The van der Waals surface area contributed by atoms with E-state index in [4.69, 9.17) is 4.98 Å². The SMILES string of the molecule is Cc1cc(C)c(-c2nc(C3CNC3)[nH]c2C)c(C)c1. The number of aromatic nitrogens is 2. The van der Waals surface area contributed by atoms with E-state index >= 15 is 0 Å². The summed E-state index contributed by atoms with van der Waals surface area (Å²) in [5.41, 5.74) is 7.53. The molecule has 3 nitrogen and oxygen atoms in total. The maximum Gasteiger partial charge on any atom is 0.112 e. The molecule has 1 fully saturated rings. The second-order valence-electron chi connectivity index (χ2n) is 5.72. The third-order valence-corrected chi connectivity index (χ3v) is 3.99. The number of benzene rings is 1. The molecule has 1 aromatic heterocycles. The van der Waals surface area contributed by atoms with Crippen LogP contribution in [0.15, 0.2) is 12.1 Å². The summed E-state index contributed by atoms with van der Waals surface area (Å²) in [6.45, 7) is 10.7. The van der Waals surface area contributed by atoms with Crippen molar-refractivity contribution >= 4 is 0 Å². The van der Waals surface area contributed by atoms with Gasteiger partial charge in [0.15, 0.2) is 0 Å². The number of aromatic amines is 1. The number of H-pyrrole nitrogens is 1. The lowest BCUT2D eigenvalue weighted by Gasteiger charge is -2.24. The minimum absolute atomic E-state index is 0.554. The van der Waals surface area contributed by atoms with Crippen LogP contribution in [0.25, 0.3) is 11.3 Å². The molecule has 2 N–H and O–H groups in total. The topological polar surface area (TPSA) is 40.7 Å². The highest BCUT2D eigenvalue weighted by Crippen LogP contribution is 2.31. The molecular weight excluding hydrogens is 234 g/mol. The molecule has 0 radical (unpaired) electrons. The van der Waals surface area contributed by atoms with Crippen molar-refractivity contribution in [3.8, 4) is 11.3 Å². The Morgan fingerprint density at radius 1 is 1.05 bits per heavy atom. The first-order valence-corrected chi connectivity index (χ1v) is 6.91. The fourth-order valence-corrected chi connectivity index (χ4v) is 2.96. The fraction of sp³-hybridized carbons (Fsp3) is 0.438. The summed E-state index contributed by atoms with van der Waals surface area (Å²) in [6, 6.07) is 4.47. The number of imidazole rings is 1. The first-order chi connectivity index (χ1) is 9.06. The molecule has 3 heteroatoms. The molecule has 100 valence electrons. The largest absolute Gasteiger partial charge is 0.345 e. The monoisotopic (exact) mass is 255 g/mol. The Morgan fingerprint density at radius 2 is 1.68 bits per heavy atom. The van der Waals surface area contributed by atoms with E-state index < -0.39 is 0 Å². The molecule has 0 aliphatic carbocycles. The molecule has 1 aromatic carbocycles. The smallest absolute Gasteiger partial charge is 0.112 e. The van der Waals surface area contributed by atoms with Gasteiger partial charge in [0.05, 0.1) is 5.69 Å². The van der Waals surface area contributed by atoms with Gasteiger partial charge < -0.3 is 10.3 Å². The van der Waals surface area contributed by atoms with Crippen LogP contribution in [-0.2, 0) is 0 Å². The third-order valence-electron chi connectivity index (χ3n) is 3.99. The number of nitrogens with zero attached hydrogens (tertiary/aromatic N) is 1. The zero-order valence-electron chi connectivity index (χ0n) is 12.1. The lowest BCUT2D eigenvalue weighted by Crippen LogP contribution is -2.40. The van der Waals surface area contributed by atoms with Crippen molar-refractivity contribution < 1.29 is 0 Å². The minimum Gasteiger partial charge on any atom is -0.345 e. The van der Waals surface area contributed by atoms with Crippen molar-refractivity contribution in [3.05, 3.63) is 40.3 Å². The number of hydrogen-bond donors (Lipinski definition) is 2. The third kappa shape index (κ3) is 2.08. The van der Waals surface area contributed by atoms with Gasteiger partial charge in [-0.05, 0) is 38.8 Å². The molecule has 0 spiro atoms. The molecule has 1 aliphatic rings. The van der Waals surface area contributed by atoms with Crippen LogP contribution in [-0.4, -0.2) is 23.1 Å². The van der Waals surface area contributed by atoms with E-state index in [9.17, 15) is 0 Å². The molecule has 0 bridgehead atoms. The highest BCUT2D eigenvalue weighted by molar-refractivity contribution is 5.70. The van der Waals surface area contributed by atoms with Crippen LogP contribution in [0.1, 0.15) is 34.1 Å². The van der Waals surface area contributed by atoms with Gasteiger partial charge in [0.1, 0.15) is 5.82 Å². The number of rotatable bonds is 2. The first-order valence-electron chi connectivity index (χ1n) is 6.91. The summed E-state index contributed by atoms with van der Waals surface area (Å²) in [5.74, 6) is 1.68. The second kappa shape index (κ2) is 4.49. The van der Waals surface area contributed by atoms with Crippen LogP contribution in [0.3, 0.4) is 0 Å². The van der Waals surface area contributed by atoms with Crippen molar-refractivity contribution in [2.24, 2.45) is 0 Å². The van der Waals surface area contributed by atoms with Gasteiger partial charge in [0.2, 0.25) is 0 Å². The standard InChI is InChI=1S/C16H21N3/c1-9-5-10(2)14(11(3)6-9)15-12(4)18-16(19-15)13-7-17-8-13/h5-6,13,17H,7-8H2,1-4H3,(H,18,19). The van der Waals surface area contributed by atoms with Gasteiger partial charge in [-0.3, -0.25) is 0 Å². The molecule has 0 atom stereocenters. The summed E-state index contributed by atoms with van der Waals surface area (Å²) in [6.07, 6.45) is 0. The van der Waals surface area contributed by atoms with E-state index in [1.165, 1.54) is 27.9 Å². The Balaban J connectivity index is 2.09. The zero-order chi connectivity index (χ0) is 13.6. The Kier molecular flexibility index (Phi) is 2.94. The summed E-state index contributed by atoms with van der Waals surface area (Å²) in [5, 5.41) is 3.30. The molecule has 2 aromatic rings. The Bertz CT molecular complexity index is 598. The average molecular weight is 255 g/mol. The maximum atomic E-state index is 4.86. The van der Waals surface area contributed by atoms with E-state index in [1.54, 1.807) is 0 Å². The Labute approximate surface area is 114 Å². The lowest BCUT2D eigenvalue weighted by atomic mass is 9.96. The lowest BCUT2D eigenvalue weighted by molar-refractivity contribution is 0.432. The summed E-state index contributed by atoms with van der Waals surface area (Å²) < 4.78 is 0. The summed E-state index contributed by atoms with van der Waals surface area (Å²) in [7, 11) is 0. The Hall–Kier alpha value is -1.61. The van der Waals surface area contributed by atoms with Crippen LogP contribution in [0.2, 0.25) is 0 Å². The number of nitrogens with one attached hydrogen (secondary N) is 2. The van der Waals surface area contributed by atoms with Gasteiger partial charge in [-0.1, -0.05) is 17.7 Å². The molecule has 1 saturated heterocycles. The predicted molar refractivity (Wildman–Crippen MR) is 78.6 cm³/mol. The summed E-state index contributed by atoms with van der Waals surface area (Å²) in [4.78, 5) is 8.32. The van der Waals surface area contributed by atoms with E-state index in [2.05, 4.69) is 50.1 Å². The molecule has 0 amide bonds. The summed E-state index contributed by atoms with van der Waals surface area (Å²) >= 11 is 0. The van der Waals surface area contributed by atoms with E-state index in [0.717, 1.165) is 24.6 Å². The van der Waals surface area contributed by atoms with Gasteiger partial charge in [-0.15, -0.1) is 0 Å². The molecule has 0 saturated carbocycles. The predicted octanol–water partition coefficient (Wildman–Crippen LogP) is 3.00. The van der Waals surface area contributed by atoms with E-state index in [0.29, 0.717) is 5.92 Å². The minimum atomic E-state index is 0.554. The van der Waals surface area contributed by atoms with Crippen LogP contribution < -0.4 is 5.32 Å². The van der Waals surface area contributed by atoms with Crippen molar-refractivity contribution in [1.82, 2.24) is 15.3 Å². The number of hydrogen-bond acceptors (Lipinski definition) is 2.